The maximum absolute atomic E-state index is 4.28. The van der Waals surface area contributed by atoms with Crippen LogP contribution in [0.5, 0.6) is 0 Å². The average molecular weight is 317 g/mol. The Morgan fingerprint density at radius 2 is 2.09 bits per heavy atom. The van der Waals surface area contributed by atoms with E-state index < -0.39 is 0 Å². The van der Waals surface area contributed by atoms with E-state index >= 15 is 0 Å². The molecular weight excluding hydrogens is 286 g/mol. The third kappa shape index (κ3) is 6.99. The second kappa shape index (κ2) is 10.2. The number of hydrogen-bond donors (Lipinski definition) is 2. The Morgan fingerprint density at radius 3 is 2.78 bits per heavy atom. The quantitative estimate of drug-likeness (QED) is 0.458. The van der Waals surface area contributed by atoms with Gasteiger partial charge in [-0.15, -0.1) is 0 Å². The molecular formula is C18H31N5. The lowest BCUT2D eigenvalue weighted by Gasteiger charge is -2.30. The van der Waals surface area contributed by atoms with Crippen molar-refractivity contribution in [3.05, 3.63) is 30.1 Å². The van der Waals surface area contributed by atoms with Gasteiger partial charge in [0, 0.05) is 32.5 Å². The summed E-state index contributed by atoms with van der Waals surface area (Å²) in [6, 6.07) is 4.08. The average Bonchev–Trinajstić information content (AvgIpc) is 2.59. The van der Waals surface area contributed by atoms with E-state index in [-0.39, 0.29) is 0 Å². The van der Waals surface area contributed by atoms with E-state index in [0.29, 0.717) is 0 Å². The smallest absolute Gasteiger partial charge is 0.190 e. The predicted molar refractivity (Wildman–Crippen MR) is 96.8 cm³/mol. The molecule has 2 rings (SSSR count). The molecule has 128 valence electrons. The van der Waals surface area contributed by atoms with Gasteiger partial charge < -0.3 is 15.5 Å². The fraction of sp³-hybridized carbons (Fsp3) is 0.667. The lowest BCUT2D eigenvalue weighted by molar-refractivity contribution is 0.191. The minimum Gasteiger partial charge on any atom is -0.356 e. The van der Waals surface area contributed by atoms with Gasteiger partial charge in [-0.1, -0.05) is 13.0 Å². The molecule has 0 unspecified atom stereocenters. The molecule has 1 aliphatic heterocycles. The topological polar surface area (TPSA) is 52.6 Å². The van der Waals surface area contributed by atoms with Gasteiger partial charge in [-0.2, -0.15) is 0 Å². The van der Waals surface area contributed by atoms with Crippen LogP contribution in [0, 0.1) is 5.92 Å². The molecule has 23 heavy (non-hydrogen) atoms. The molecule has 0 aromatic carbocycles. The fourth-order valence-corrected chi connectivity index (χ4v) is 2.89. The van der Waals surface area contributed by atoms with Crippen LogP contribution in [0.2, 0.25) is 0 Å². The number of aromatic nitrogens is 1. The molecule has 1 aliphatic rings. The fourth-order valence-electron chi connectivity index (χ4n) is 2.89. The largest absolute Gasteiger partial charge is 0.356 e. The summed E-state index contributed by atoms with van der Waals surface area (Å²) in [5.74, 6) is 1.80. The second-order valence-electron chi connectivity index (χ2n) is 6.41. The maximum atomic E-state index is 4.28. The van der Waals surface area contributed by atoms with Crippen LogP contribution in [0.1, 0.15) is 31.7 Å². The molecule has 5 nitrogen and oxygen atoms in total. The number of likely N-dealkylation sites (tertiary alicyclic amines) is 1. The van der Waals surface area contributed by atoms with Crippen molar-refractivity contribution in [1.29, 1.82) is 0 Å². The highest BCUT2D eigenvalue weighted by molar-refractivity contribution is 5.79. The second-order valence-corrected chi connectivity index (χ2v) is 6.41. The van der Waals surface area contributed by atoms with Crippen LogP contribution in [0.4, 0.5) is 0 Å². The number of aliphatic imine (C=N–C) groups is 1. The Balaban J connectivity index is 1.54. The van der Waals surface area contributed by atoms with Crippen LogP contribution in [0.3, 0.4) is 0 Å². The molecule has 1 fully saturated rings. The van der Waals surface area contributed by atoms with Crippen molar-refractivity contribution in [1.82, 2.24) is 20.5 Å². The molecule has 1 aromatic heterocycles. The van der Waals surface area contributed by atoms with Gasteiger partial charge in [-0.25, -0.2) is 0 Å². The Labute approximate surface area is 140 Å². The summed E-state index contributed by atoms with van der Waals surface area (Å²) >= 11 is 0. The first kappa shape index (κ1) is 17.7. The first-order valence-corrected chi connectivity index (χ1v) is 8.83. The highest BCUT2D eigenvalue weighted by Crippen LogP contribution is 2.15. The van der Waals surface area contributed by atoms with Crippen molar-refractivity contribution in [2.75, 3.05) is 39.8 Å². The molecule has 5 heteroatoms. The molecule has 0 bridgehead atoms. The van der Waals surface area contributed by atoms with Gasteiger partial charge in [0.1, 0.15) is 0 Å². The molecule has 0 saturated carbocycles. The third-order valence-electron chi connectivity index (χ3n) is 4.47. The van der Waals surface area contributed by atoms with Gasteiger partial charge in [0.2, 0.25) is 0 Å². The van der Waals surface area contributed by atoms with E-state index in [0.717, 1.165) is 37.8 Å². The normalized spacial score (nSPS) is 17.2. The highest BCUT2D eigenvalue weighted by Gasteiger charge is 2.14. The zero-order valence-electron chi connectivity index (χ0n) is 14.6. The number of pyridine rings is 1. The third-order valence-corrected chi connectivity index (χ3v) is 4.47. The molecule has 1 saturated heterocycles. The van der Waals surface area contributed by atoms with Gasteiger partial charge in [0.15, 0.2) is 5.96 Å². The first-order valence-electron chi connectivity index (χ1n) is 8.83. The summed E-state index contributed by atoms with van der Waals surface area (Å²) in [7, 11) is 1.82. The van der Waals surface area contributed by atoms with Gasteiger partial charge in [0.05, 0.1) is 0 Å². The van der Waals surface area contributed by atoms with Crippen molar-refractivity contribution in [3.63, 3.8) is 0 Å². The van der Waals surface area contributed by atoms with Crippen molar-refractivity contribution in [2.24, 2.45) is 10.9 Å². The first-order chi connectivity index (χ1) is 11.3. The van der Waals surface area contributed by atoms with E-state index in [9.17, 15) is 0 Å². The molecule has 0 atom stereocenters. The molecule has 0 amide bonds. The number of piperidine rings is 1. The number of hydrogen-bond acceptors (Lipinski definition) is 3. The zero-order valence-corrected chi connectivity index (χ0v) is 14.6. The minimum atomic E-state index is 0.870. The number of nitrogens with one attached hydrogen (secondary N) is 2. The molecule has 2 N–H and O–H groups in total. The SMILES string of the molecule is CN=C(NCCCN1CCC(C)CC1)NCCc1cccnc1. The Morgan fingerprint density at radius 1 is 1.30 bits per heavy atom. The van der Waals surface area contributed by atoms with Crippen LogP contribution in [-0.4, -0.2) is 55.6 Å². The number of rotatable bonds is 7. The van der Waals surface area contributed by atoms with E-state index in [1.807, 2.05) is 19.3 Å². The molecule has 2 heterocycles. The van der Waals surface area contributed by atoms with Crippen molar-refractivity contribution < 1.29 is 0 Å². The highest BCUT2D eigenvalue weighted by atomic mass is 15.2. The van der Waals surface area contributed by atoms with Gasteiger partial charge in [-0.3, -0.25) is 9.98 Å². The van der Waals surface area contributed by atoms with E-state index in [1.54, 1.807) is 6.20 Å². The lowest BCUT2D eigenvalue weighted by Crippen LogP contribution is -2.40. The Bertz CT molecular complexity index is 452. The van der Waals surface area contributed by atoms with Gasteiger partial charge >= 0.3 is 0 Å². The van der Waals surface area contributed by atoms with Crippen LogP contribution in [0.25, 0.3) is 0 Å². The molecule has 0 radical (unpaired) electrons. The Kier molecular flexibility index (Phi) is 7.87. The van der Waals surface area contributed by atoms with Crippen molar-refractivity contribution in [3.8, 4) is 0 Å². The monoisotopic (exact) mass is 317 g/mol. The van der Waals surface area contributed by atoms with Crippen molar-refractivity contribution in [2.45, 2.75) is 32.6 Å². The molecule has 0 aliphatic carbocycles. The summed E-state index contributed by atoms with van der Waals surface area (Å²) in [5.41, 5.74) is 1.25. The summed E-state index contributed by atoms with van der Waals surface area (Å²) < 4.78 is 0. The summed E-state index contributed by atoms with van der Waals surface area (Å²) in [6.07, 6.45) is 8.55. The molecule has 1 aromatic rings. The summed E-state index contributed by atoms with van der Waals surface area (Å²) in [5, 5.41) is 6.76. The van der Waals surface area contributed by atoms with Crippen LogP contribution < -0.4 is 10.6 Å². The standard InChI is InChI=1S/C18H31N5/c1-16-7-13-23(14-8-16)12-4-10-21-18(19-2)22-11-6-17-5-3-9-20-15-17/h3,5,9,15-16H,4,6-8,10-14H2,1-2H3,(H2,19,21,22). The predicted octanol–water partition coefficient (Wildman–Crippen LogP) is 1.91. The summed E-state index contributed by atoms with van der Waals surface area (Å²) in [6.45, 7) is 7.92. The van der Waals surface area contributed by atoms with Crippen LogP contribution >= 0.6 is 0 Å². The maximum Gasteiger partial charge on any atom is 0.190 e. The van der Waals surface area contributed by atoms with Crippen LogP contribution in [-0.2, 0) is 6.42 Å². The lowest BCUT2D eigenvalue weighted by atomic mass is 9.99. The molecule has 0 spiro atoms. The van der Waals surface area contributed by atoms with Gasteiger partial charge in [-0.05, 0) is 62.9 Å². The van der Waals surface area contributed by atoms with Crippen molar-refractivity contribution >= 4 is 5.96 Å². The van der Waals surface area contributed by atoms with E-state index in [4.69, 9.17) is 0 Å². The summed E-state index contributed by atoms with van der Waals surface area (Å²) in [4.78, 5) is 11.0. The van der Waals surface area contributed by atoms with E-state index in [1.165, 1.54) is 38.0 Å². The minimum absolute atomic E-state index is 0.870. The van der Waals surface area contributed by atoms with Gasteiger partial charge in [0.25, 0.3) is 0 Å². The van der Waals surface area contributed by atoms with E-state index in [2.05, 4.69) is 38.5 Å². The number of guanidine groups is 1. The zero-order chi connectivity index (χ0) is 16.3. The van der Waals surface area contributed by atoms with Crippen LogP contribution in [0.15, 0.2) is 29.5 Å². The number of nitrogens with zero attached hydrogens (tertiary/aromatic N) is 3. The Hall–Kier alpha value is -1.62.